The molecule has 7 nitrogen and oxygen atoms in total. The molecule has 4 rings (SSSR count). The first kappa shape index (κ1) is 23.7. The molecular formula is C25H24ClFN4O3. The summed E-state index contributed by atoms with van der Waals surface area (Å²) >= 11 is 5.89. The van der Waals surface area contributed by atoms with Crippen molar-refractivity contribution in [3.63, 3.8) is 0 Å². The zero-order chi connectivity index (χ0) is 23.9. The number of anilines is 3. The van der Waals surface area contributed by atoms with E-state index in [-0.39, 0.29) is 11.1 Å². The summed E-state index contributed by atoms with van der Waals surface area (Å²) < 4.78 is 23.9. The molecule has 0 radical (unpaired) electrons. The van der Waals surface area contributed by atoms with Crippen molar-refractivity contribution >= 4 is 41.1 Å². The molecule has 1 saturated heterocycles. The summed E-state index contributed by atoms with van der Waals surface area (Å²) in [5.41, 5.74) is 3.08. The maximum atomic E-state index is 13.5. The Balaban J connectivity index is 1.63. The van der Waals surface area contributed by atoms with Crippen molar-refractivity contribution in [2.75, 3.05) is 30.5 Å². The Hall–Kier alpha value is -3.49. The summed E-state index contributed by atoms with van der Waals surface area (Å²) in [7, 11) is 0. The Morgan fingerprint density at radius 3 is 2.97 bits per heavy atom. The molecule has 34 heavy (non-hydrogen) atoms. The van der Waals surface area contributed by atoms with E-state index >= 15 is 0 Å². The van der Waals surface area contributed by atoms with Crippen LogP contribution in [0.3, 0.4) is 0 Å². The summed E-state index contributed by atoms with van der Waals surface area (Å²) in [5.74, 6) is 0.0824. The number of nitrogens with one attached hydrogen (secondary N) is 2. The van der Waals surface area contributed by atoms with Gasteiger partial charge in [-0.3, -0.25) is 0 Å². The van der Waals surface area contributed by atoms with Gasteiger partial charge >= 0.3 is 5.97 Å². The molecule has 2 N–H and O–H groups in total. The lowest BCUT2D eigenvalue weighted by molar-refractivity contribution is -0.137. The van der Waals surface area contributed by atoms with Crippen molar-refractivity contribution in [1.29, 1.82) is 0 Å². The van der Waals surface area contributed by atoms with Crippen LogP contribution < -0.4 is 10.6 Å². The van der Waals surface area contributed by atoms with Gasteiger partial charge in [0.2, 0.25) is 5.95 Å². The first-order valence-electron chi connectivity index (χ1n) is 10.9. The van der Waals surface area contributed by atoms with Gasteiger partial charge in [-0.05, 0) is 54.8 Å². The Kier molecular flexibility index (Phi) is 7.72. The molecule has 1 aliphatic heterocycles. The molecule has 176 valence electrons. The second-order valence-corrected chi connectivity index (χ2v) is 8.03. The third-order valence-corrected chi connectivity index (χ3v) is 5.42. The fraction of sp³-hybridized carbons (Fsp3) is 0.240. The first-order valence-corrected chi connectivity index (χ1v) is 11.3. The molecular weight excluding hydrogens is 459 g/mol. The van der Waals surface area contributed by atoms with Gasteiger partial charge in [-0.15, -0.1) is 0 Å². The van der Waals surface area contributed by atoms with Crippen molar-refractivity contribution in [2.45, 2.75) is 19.4 Å². The lowest BCUT2D eigenvalue weighted by Gasteiger charge is -2.17. The summed E-state index contributed by atoms with van der Waals surface area (Å²) in [4.78, 5) is 20.8. The monoisotopic (exact) mass is 482 g/mol. The van der Waals surface area contributed by atoms with Gasteiger partial charge < -0.3 is 20.1 Å². The fourth-order valence-electron chi connectivity index (χ4n) is 3.47. The van der Waals surface area contributed by atoms with Crippen molar-refractivity contribution in [3.8, 4) is 11.1 Å². The van der Waals surface area contributed by atoms with Crippen LogP contribution in [-0.2, 0) is 14.3 Å². The fourth-order valence-corrected chi connectivity index (χ4v) is 3.65. The molecule has 0 unspecified atom stereocenters. The van der Waals surface area contributed by atoms with E-state index in [1.807, 2.05) is 24.3 Å². The molecule has 1 aromatic heterocycles. The number of rotatable bonds is 8. The minimum absolute atomic E-state index is 0.00996. The SMILES string of the molecule is CCOC(=O)/C=C/c1cccc(-c2cnc(Nc3ccc(F)c(Cl)c3)nc2N[C@@H]2CCOC2)c1. The summed E-state index contributed by atoms with van der Waals surface area (Å²) in [6, 6.07) is 12.1. The highest BCUT2D eigenvalue weighted by Crippen LogP contribution is 2.30. The van der Waals surface area contributed by atoms with E-state index in [9.17, 15) is 9.18 Å². The minimum Gasteiger partial charge on any atom is -0.463 e. The molecule has 1 fully saturated rings. The summed E-state index contributed by atoms with van der Waals surface area (Å²) in [6.45, 7) is 3.36. The molecule has 0 spiro atoms. The quantitative estimate of drug-likeness (QED) is 0.326. The van der Waals surface area contributed by atoms with E-state index in [0.29, 0.717) is 37.3 Å². The van der Waals surface area contributed by atoms with E-state index < -0.39 is 11.8 Å². The standard InChI is InChI=1S/C25H24ClFN4O3/c1-2-34-23(32)9-6-16-4-3-5-17(12-16)20-14-28-25(30-18-7-8-22(27)21(26)13-18)31-24(20)29-19-10-11-33-15-19/h3-9,12-14,19H,2,10-11,15H2,1H3,(H2,28,29,30,31)/b9-6+/t19-/m1/s1. The molecule has 9 heteroatoms. The molecule has 1 atom stereocenters. The van der Waals surface area contributed by atoms with Gasteiger partial charge in [0.25, 0.3) is 0 Å². The highest BCUT2D eigenvalue weighted by Gasteiger charge is 2.19. The van der Waals surface area contributed by atoms with Gasteiger partial charge in [0.05, 0.1) is 24.3 Å². The van der Waals surface area contributed by atoms with Gasteiger partial charge in [0.1, 0.15) is 11.6 Å². The van der Waals surface area contributed by atoms with Crippen LogP contribution in [0.2, 0.25) is 5.02 Å². The van der Waals surface area contributed by atoms with Crippen molar-refractivity contribution in [1.82, 2.24) is 9.97 Å². The maximum absolute atomic E-state index is 13.5. The van der Waals surface area contributed by atoms with Crippen LogP contribution in [0, 0.1) is 5.82 Å². The molecule has 0 amide bonds. The highest BCUT2D eigenvalue weighted by molar-refractivity contribution is 6.31. The van der Waals surface area contributed by atoms with E-state index in [4.69, 9.17) is 21.1 Å². The molecule has 3 aromatic rings. The number of carbonyl (C=O) groups excluding carboxylic acids is 1. The number of benzene rings is 2. The van der Waals surface area contributed by atoms with E-state index in [0.717, 1.165) is 23.1 Å². The number of ether oxygens (including phenoxy) is 2. The minimum atomic E-state index is -0.496. The largest absolute Gasteiger partial charge is 0.463 e. The Morgan fingerprint density at radius 2 is 2.21 bits per heavy atom. The predicted molar refractivity (Wildman–Crippen MR) is 131 cm³/mol. The average Bonchev–Trinajstić information content (AvgIpc) is 3.34. The normalized spacial score (nSPS) is 15.4. The van der Waals surface area contributed by atoms with Gasteiger partial charge in [0, 0.05) is 30.1 Å². The van der Waals surface area contributed by atoms with Gasteiger partial charge in [-0.2, -0.15) is 4.98 Å². The maximum Gasteiger partial charge on any atom is 0.330 e. The van der Waals surface area contributed by atoms with Crippen molar-refractivity contribution in [3.05, 3.63) is 71.1 Å². The van der Waals surface area contributed by atoms with Gasteiger partial charge in [-0.25, -0.2) is 14.2 Å². The van der Waals surface area contributed by atoms with Crippen LogP contribution in [0.15, 0.2) is 54.7 Å². The lowest BCUT2D eigenvalue weighted by Crippen LogP contribution is -2.20. The smallest absolute Gasteiger partial charge is 0.330 e. The van der Waals surface area contributed by atoms with Crippen LogP contribution >= 0.6 is 11.6 Å². The van der Waals surface area contributed by atoms with Crippen LogP contribution in [0.4, 0.5) is 21.8 Å². The summed E-state index contributed by atoms with van der Waals surface area (Å²) in [5, 5.41) is 6.52. The highest BCUT2D eigenvalue weighted by atomic mass is 35.5. The molecule has 2 heterocycles. The van der Waals surface area contributed by atoms with Crippen LogP contribution in [0.25, 0.3) is 17.2 Å². The molecule has 0 saturated carbocycles. The number of hydrogen-bond donors (Lipinski definition) is 2. The third kappa shape index (κ3) is 6.09. The van der Waals surface area contributed by atoms with E-state index in [1.54, 1.807) is 25.3 Å². The lowest BCUT2D eigenvalue weighted by atomic mass is 10.0. The second kappa shape index (κ2) is 11.1. The molecule has 0 aliphatic carbocycles. The van der Waals surface area contributed by atoms with E-state index in [2.05, 4.69) is 20.6 Å². The Bertz CT molecular complexity index is 1200. The third-order valence-electron chi connectivity index (χ3n) is 5.13. The number of carbonyl (C=O) groups is 1. The van der Waals surface area contributed by atoms with Crippen molar-refractivity contribution in [2.24, 2.45) is 0 Å². The molecule has 2 aromatic carbocycles. The predicted octanol–water partition coefficient (Wildman–Crippen LogP) is 5.46. The number of esters is 1. The average molecular weight is 483 g/mol. The number of halogens is 2. The molecule has 1 aliphatic rings. The zero-order valence-electron chi connectivity index (χ0n) is 18.6. The van der Waals surface area contributed by atoms with Crippen LogP contribution in [-0.4, -0.2) is 41.8 Å². The number of aromatic nitrogens is 2. The summed E-state index contributed by atoms with van der Waals surface area (Å²) in [6.07, 6.45) is 5.68. The Morgan fingerprint density at radius 1 is 1.32 bits per heavy atom. The molecule has 0 bridgehead atoms. The van der Waals surface area contributed by atoms with Gasteiger partial charge in [0.15, 0.2) is 0 Å². The first-order chi connectivity index (χ1) is 16.5. The van der Waals surface area contributed by atoms with Crippen LogP contribution in [0.5, 0.6) is 0 Å². The topological polar surface area (TPSA) is 85.4 Å². The second-order valence-electron chi connectivity index (χ2n) is 7.63. The Labute approximate surface area is 202 Å². The van der Waals surface area contributed by atoms with E-state index in [1.165, 1.54) is 18.2 Å². The van der Waals surface area contributed by atoms with Crippen molar-refractivity contribution < 1.29 is 18.7 Å². The van der Waals surface area contributed by atoms with Gasteiger partial charge in [-0.1, -0.05) is 29.8 Å². The number of nitrogens with zero attached hydrogens (tertiary/aromatic N) is 2. The number of hydrogen-bond acceptors (Lipinski definition) is 7. The zero-order valence-corrected chi connectivity index (χ0v) is 19.3. The van der Waals surface area contributed by atoms with Crippen LogP contribution in [0.1, 0.15) is 18.9 Å².